The van der Waals surface area contributed by atoms with E-state index in [4.69, 9.17) is 28.1 Å². The molecular weight excluding hydrogens is 580 g/mol. The average molecular weight is 611 g/mol. The Morgan fingerprint density at radius 2 is 1.53 bits per heavy atom. The molecule has 0 amide bonds. The van der Waals surface area contributed by atoms with Gasteiger partial charge in [-0.15, -0.1) is 0 Å². The van der Waals surface area contributed by atoms with Crippen molar-refractivity contribution in [1.82, 2.24) is 5.32 Å². The molecule has 12 nitrogen and oxygen atoms in total. The number of nitrogens with one attached hydrogen (secondary N) is 1. The van der Waals surface area contributed by atoms with Gasteiger partial charge in [-0.25, -0.2) is 0 Å². The first kappa shape index (κ1) is 31.4. The molecule has 226 valence electrons. The topological polar surface area (TPSA) is 163 Å². The fourth-order valence-electron chi connectivity index (χ4n) is 4.71. The predicted octanol–water partition coefficient (Wildman–Crippen LogP) is 3.56. The van der Waals surface area contributed by atoms with Crippen molar-refractivity contribution < 1.29 is 47.3 Å². The number of nitrogens with zero attached hydrogens (tertiary/aromatic N) is 1. The third-order valence-corrected chi connectivity index (χ3v) is 7.54. The maximum atomic E-state index is 12.3. The summed E-state index contributed by atoms with van der Waals surface area (Å²) in [5, 5.41) is 13.9. The van der Waals surface area contributed by atoms with Crippen LogP contribution in [0, 0.1) is 11.3 Å². The molecule has 6 atom stereocenters. The Labute approximate surface area is 251 Å². The number of carbonyl (C=O) groups excluding carboxylic acids is 4. The van der Waals surface area contributed by atoms with E-state index in [9.17, 15) is 24.4 Å². The first-order valence-electron chi connectivity index (χ1n) is 13.3. The molecule has 1 aromatic carbocycles. The van der Waals surface area contributed by atoms with Crippen molar-refractivity contribution in [3.63, 3.8) is 0 Å². The van der Waals surface area contributed by atoms with Gasteiger partial charge in [0.05, 0.1) is 28.9 Å². The van der Waals surface area contributed by atoms with Crippen molar-refractivity contribution in [2.45, 2.75) is 63.5 Å². The fraction of sp³-hybridized carbons (Fsp3) is 0.367. The number of rotatable bonds is 9. The van der Waals surface area contributed by atoms with Gasteiger partial charge < -0.3 is 33.4 Å². The molecule has 43 heavy (non-hydrogen) atoms. The Morgan fingerprint density at radius 1 is 0.884 bits per heavy atom. The molecule has 2 aliphatic rings. The van der Waals surface area contributed by atoms with Crippen LogP contribution in [-0.4, -0.2) is 60.3 Å². The molecule has 2 aromatic rings. The second kappa shape index (κ2) is 14.1. The lowest BCUT2D eigenvalue weighted by molar-refractivity contribution is -0.237. The van der Waals surface area contributed by atoms with Gasteiger partial charge in [0.1, 0.15) is 18.5 Å². The molecule has 1 aromatic heterocycles. The smallest absolute Gasteiger partial charge is 0.303 e. The molecule has 2 aliphatic heterocycles. The minimum atomic E-state index is -1.34. The van der Waals surface area contributed by atoms with E-state index in [1.165, 1.54) is 20.1 Å². The van der Waals surface area contributed by atoms with E-state index in [2.05, 4.69) is 11.4 Å². The Balaban J connectivity index is 1.79. The van der Waals surface area contributed by atoms with Crippen molar-refractivity contribution in [2.24, 2.45) is 0 Å². The van der Waals surface area contributed by atoms with Crippen LogP contribution in [0.15, 0.2) is 69.8 Å². The molecule has 0 saturated carbocycles. The maximum Gasteiger partial charge on any atom is 0.303 e. The average Bonchev–Trinajstić information content (AvgIpc) is 3.49. The number of dihydropyridines is 1. The normalized spacial score (nSPS) is 25.0. The van der Waals surface area contributed by atoms with Crippen molar-refractivity contribution in [3.05, 3.63) is 76.7 Å². The summed E-state index contributed by atoms with van der Waals surface area (Å²) in [4.78, 5) is 48.2. The number of benzene rings is 1. The summed E-state index contributed by atoms with van der Waals surface area (Å²) in [6, 6.07) is 15.1. The first-order chi connectivity index (χ1) is 20.6. The van der Waals surface area contributed by atoms with E-state index in [0.29, 0.717) is 16.5 Å². The van der Waals surface area contributed by atoms with Crippen LogP contribution in [0.5, 0.6) is 0 Å². The van der Waals surface area contributed by atoms with Gasteiger partial charge in [0.25, 0.3) is 0 Å². The summed E-state index contributed by atoms with van der Waals surface area (Å²) in [5.74, 6) is -2.87. The van der Waals surface area contributed by atoms with Gasteiger partial charge >= 0.3 is 23.9 Å². The van der Waals surface area contributed by atoms with Crippen LogP contribution in [0.1, 0.15) is 44.9 Å². The Morgan fingerprint density at radius 3 is 2.12 bits per heavy atom. The predicted molar refractivity (Wildman–Crippen MR) is 151 cm³/mol. The number of esters is 4. The number of carbonyl (C=O) groups is 4. The quantitative estimate of drug-likeness (QED) is 0.324. The van der Waals surface area contributed by atoms with Crippen molar-refractivity contribution in [3.8, 4) is 6.07 Å². The Hall–Kier alpha value is -4.54. The Bertz CT molecular complexity index is 1450. The summed E-state index contributed by atoms with van der Waals surface area (Å²) in [6.07, 6.45) is -1.68. The largest absolute Gasteiger partial charge is 0.468 e. The number of thioether (sulfide) groups is 1. The van der Waals surface area contributed by atoms with Gasteiger partial charge in [0.15, 0.2) is 23.7 Å². The SMILES string of the molecule is CC(=O)OC[C@H]1O[C@@H](SC2=C(C#N)C(c3ccco3)C=C(c3ccccc3)N2)[C@H](OC(C)=O)[C@@H](OC(C)=O)[C@H]1OC(C)=O. The third-order valence-electron chi connectivity index (χ3n) is 6.37. The van der Waals surface area contributed by atoms with Gasteiger partial charge in [-0.1, -0.05) is 42.1 Å². The monoisotopic (exact) mass is 610 g/mol. The number of allylic oxidation sites excluding steroid dienone is 2. The van der Waals surface area contributed by atoms with E-state index < -0.39 is 59.6 Å². The van der Waals surface area contributed by atoms with Crippen LogP contribution in [0.4, 0.5) is 0 Å². The van der Waals surface area contributed by atoms with Gasteiger partial charge in [0, 0.05) is 33.4 Å². The lowest BCUT2D eigenvalue weighted by atomic mass is 9.92. The van der Waals surface area contributed by atoms with Crippen molar-refractivity contribution in [1.29, 1.82) is 5.26 Å². The van der Waals surface area contributed by atoms with Gasteiger partial charge in [0.2, 0.25) is 0 Å². The molecule has 1 N–H and O–H groups in total. The van der Waals surface area contributed by atoms with E-state index in [-0.39, 0.29) is 12.2 Å². The molecule has 1 saturated heterocycles. The molecule has 0 radical (unpaired) electrons. The highest BCUT2D eigenvalue weighted by atomic mass is 32.2. The van der Waals surface area contributed by atoms with Gasteiger partial charge in [-0.2, -0.15) is 5.26 Å². The molecule has 4 rings (SSSR count). The molecule has 0 aliphatic carbocycles. The number of hydrogen-bond acceptors (Lipinski definition) is 13. The third kappa shape index (κ3) is 7.85. The molecule has 0 spiro atoms. The van der Waals surface area contributed by atoms with Crippen LogP contribution in [0.3, 0.4) is 0 Å². The van der Waals surface area contributed by atoms with E-state index >= 15 is 0 Å². The van der Waals surface area contributed by atoms with Crippen LogP contribution >= 0.6 is 11.8 Å². The van der Waals surface area contributed by atoms with E-state index in [1.54, 1.807) is 12.1 Å². The summed E-state index contributed by atoms with van der Waals surface area (Å²) < 4.78 is 33.7. The second-order valence-corrected chi connectivity index (χ2v) is 10.7. The highest BCUT2D eigenvalue weighted by molar-refractivity contribution is 8.03. The fourth-order valence-corrected chi connectivity index (χ4v) is 5.96. The highest BCUT2D eigenvalue weighted by Crippen LogP contribution is 2.43. The van der Waals surface area contributed by atoms with Crippen molar-refractivity contribution in [2.75, 3.05) is 6.61 Å². The highest BCUT2D eigenvalue weighted by Gasteiger charge is 2.53. The van der Waals surface area contributed by atoms with E-state index in [0.717, 1.165) is 31.2 Å². The van der Waals surface area contributed by atoms with E-state index in [1.807, 2.05) is 36.4 Å². The standard InChI is InChI=1S/C30H30N2O10S/c1-16(33)38-15-25-26(39-17(2)34)27(40-18(3)35)28(41-19(4)36)30(42-25)43-29-22(14-31)21(24-11-8-12-37-24)13-23(32-29)20-9-6-5-7-10-20/h5-13,21,25-28,30,32H,15H2,1-4H3/t21?,25-,26+,27+,28-,30+/m1/s1. The summed E-state index contributed by atoms with van der Waals surface area (Å²) >= 11 is 1.01. The Kier molecular flexibility index (Phi) is 10.3. The zero-order chi connectivity index (χ0) is 31.1. The van der Waals surface area contributed by atoms with Crippen LogP contribution in [-0.2, 0) is 42.9 Å². The zero-order valence-corrected chi connectivity index (χ0v) is 24.6. The van der Waals surface area contributed by atoms with Crippen molar-refractivity contribution >= 4 is 41.3 Å². The number of furan rings is 1. The molecule has 1 fully saturated rings. The second-order valence-electron chi connectivity index (χ2n) is 9.60. The number of ether oxygens (including phenoxy) is 5. The lowest BCUT2D eigenvalue weighted by Gasteiger charge is -2.44. The lowest BCUT2D eigenvalue weighted by Crippen LogP contribution is -2.61. The van der Waals surface area contributed by atoms with Crippen LogP contribution < -0.4 is 5.32 Å². The molecular formula is C30H30N2O10S. The first-order valence-corrected chi connectivity index (χ1v) is 14.1. The minimum Gasteiger partial charge on any atom is -0.468 e. The van der Waals surface area contributed by atoms with Gasteiger partial charge in [-0.05, 0) is 23.8 Å². The van der Waals surface area contributed by atoms with Crippen LogP contribution in [0.25, 0.3) is 5.70 Å². The zero-order valence-electron chi connectivity index (χ0n) is 23.8. The maximum absolute atomic E-state index is 12.3. The van der Waals surface area contributed by atoms with Gasteiger partial charge in [-0.3, -0.25) is 19.2 Å². The molecule has 13 heteroatoms. The summed E-state index contributed by atoms with van der Waals surface area (Å²) in [6.45, 7) is 4.30. The number of hydrogen-bond donors (Lipinski definition) is 1. The number of nitriles is 1. The summed E-state index contributed by atoms with van der Waals surface area (Å²) in [7, 11) is 0. The minimum absolute atomic E-state index is 0.285. The molecule has 0 bridgehead atoms. The molecule has 3 heterocycles. The molecule has 1 unspecified atom stereocenters. The summed E-state index contributed by atoms with van der Waals surface area (Å²) in [5.41, 5.74) is 0.663. The van der Waals surface area contributed by atoms with Crippen LogP contribution in [0.2, 0.25) is 0 Å².